The monoisotopic (exact) mass is 355 g/mol. The van der Waals surface area contributed by atoms with Crippen molar-refractivity contribution in [3.8, 4) is 0 Å². The highest BCUT2D eigenvalue weighted by Crippen LogP contribution is 2.39. The van der Waals surface area contributed by atoms with E-state index < -0.39 is 0 Å². The number of amides is 1. The van der Waals surface area contributed by atoms with Crippen LogP contribution in [-0.2, 0) is 11.2 Å². The van der Waals surface area contributed by atoms with E-state index in [0.29, 0.717) is 18.8 Å². The van der Waals surface area contributed by atoms with Gasteiger partial charge < -0.3 is 14.8 Å². The molecule has 1 atom stereocenters. The van der Waals surface area contributed by atoms with Crippen molar-refractivity contribution in [3.05, 3.63) is 58.7 Å². The molecule has 1 saturated carbocycles. The summed E-state index contributed by atoms with van der Waals surface area (Å²) in [6, 6.07) is 9.95. The number of pyridine rings is 1. The quantitative estimate of drug-likeness (QED) is 0.714. The minimum absolute atomic E-state index is 0.0111. The average molecular weight is 355 g/mol. The Kier molecular flexibility index (Phi) is 4.55. The van der Waals surface area contributed by atoms with Crippen LogP contribution in [0.3, 0.4) is 0 Å². The number of hydrogen-bond donors (Lipinski definition) is 2. The van der Waals surface area contributed by atoms with E-state index in [2.05, 4.69) is 16.4 Å². The van der Waals surface area contributed by atoms with Gasteiger partial charge in [0.15, 0.2) is 0 Å². The number of nitrogens with one attached hydrogen (secondary N) is 1. The number of fused-ring (bicyclic) bond motifs is 1. The normalized spacial score (nSPS) is 21.0. The van der Waals surface area contributed by atoms with Gasteiger partial charge in [-0.2, -0.15) is 0 Å². The van der Waals surface area contributed by atoms with Crippen LogP contribution in [0.25, 0.3) is 5.65 Å². The molecule has 6 heteroatoms. The fourth-order valence-electron chi connectivity index (χ4n) is 3.39. The molecule has 0 spiro atoms. The first-order chi connectivity index (χ1) is 12.2. The van der Waals surface area contributed by atoms with Crippen LogP contribution in [0.4, 0.5) is 0 Å². The third-order valence-corrected chi connectivity index (χ3v) is 5.76. The minimum atomic E-state index is -0.220. The fourth-order valence-corrected chi connectivity index (χ4v) is 4.26. The lowest BCUT2D eigenvalue weighted by molar-refractivity contribution is -0.123. The standard InChI is InChI=1S/C19H21N3O2S/c23-15-10-13(11-15)19(16-4-3-9-25-16)21-18(24)7-6-14-12-22-8-2-1-5-17(22)20-14/h1-5,8-9,12-13,15,19,23H,6-7,10-11H2,(H,21,24). The van der Waals surface area contributed by atoms with E-state index in [0.717, 1.165) is 29.1 Å². The van der Waals surface area contributed by atoms with Gasteiger partial charge in [0.25, 0.3) is 0 Å². The van der Waals surface area contributed by atoms with E-state index >= 15 is 0 Å². The van der Waals surface area contributed by atoms with Gasteiger partial charge in [0, 0.05) is 23.7 Å². The minimum Gasteiger partial charge on any atom is -0.393 e. The van der Waals surface area contributed by atoms with Crippen molar-refractivity contribution in [1.82, 2.24) is 14.7 Å². The van der Waals surface area contributed by atoms with Crippen LogP contribution in [0.2, 0.25) is 0 Å². The van der Waals surface area contributed by atoms with Crippen LogP contribution >= 0.6 is 11.3 Å². The fraction of sp³-hybridized carbons (Fsp3) is 0.368. The molecule has 25 heavy (non-hydrogen) atoms. The summed E-state index contributed by atoms with van der Waals surface area (Å²) in [7, 11) is 0. The van der Waals surface area contributed by atoms with Crippen molar-refractivity contribution < 1.29 is 9.90 Å². The molecule has 0 saturated heterocycles. The van der Waals surface area contributed by atoms with Crippen molar-refractivity contribution in [3.63, 3.8) is 0 Å². The van der Waals surface area contributed by atoms with Gasteiger partial charge in [-0.05, 0) is 48.8 Å². The Labute approximate surface area is 150 Å². The van der Waals surface area contributed by atoms with Crippen LogP contribution in [0, 0.1) is 5.92 Å². The molecule has 130 valence electrons. The number of aromatic nitrogens is 2. The summed E-state index contributed by atoms with van der Waals surface area (Å²) < 4.78 is 1.97. The van der Waals surface area contributed by atoms with Crippen LogP contribution in [0.15, 0.2) is 48.1 Å². The maximum atomic E-state index is 12.5. The summed E-state index contributed by atoms with van der Waals surface area (Å²) in [6.45, 7) is 0. The summed E-state index contributed by atoms with van der Waals surface area (Å²) >= 11 is 1.66. The molecule has 1 unspecified atom stereocenters. The van der Waals surface area contributed by atoms with Crippen molar-refractivity contribution >= 4 is 22.9 Å². The molecule has 1 aliphatic carbocycles. The number of aryl methyl sites for hydroxylation is 1. The molecule has 0 bridgehead atoms. The van der Waals surface area contributed by atoms with Gasteiger partial charge in [-0.3, -0.25) is 4.79 Å². The molecule has 4 rings (SSSR count). The molecule has 1 amide bonds. The molecule has 2 N–H and O–H groups in total. The predicted molar refractivity (Wildman–Crippen MR) is 97.4 cm³/mol. The average Bonchev–Trinajstić information content (AvgIpc) is 3.24. The third kappa shape index (κ3) is 3.60. The Morgan fingerprint density at radius 3 is 2.96 bits per heavy atom. The highest BCUT2D eigenvalue weighted by atomic mass is 32.1. The molecule has 3 heterocycles. The van der Waals surface area contributed by atoms with Crippen molar-refractivity contribution in [2.24, 2.45) is 5.92 Å². The summed E-state index contributed by atoms with van der Waals surface area (Å²) in [5.74, 6) is 0.365. The summed E-state index contributed by atoms with van der Waals surface area (Å²) in [5, 5.41) is 14.8. The second kappa shape index (κ2) is 6.98. The number of imidazole rings is 1. The summed E-state index contributed by atoms with van der Waals surface area (Å²) in [5.41, 5.74) is 1.82. The maximum absolute atomic E-state index is 12.5. The molecule has 3 aromatic rings. The summed E-state index contributed by atoms with van der Waals surface area (Å²) in [4.78, 5) is 18.2. The van der Waals surface area contributed by atoms with Crippen molar-refractivity contribution in [1.29, 1.82) is 0 Å². The second-order valence-electron chi connectivity index (χ2n) is 6.64. The smallest absolute Gasteiger partial charge is 0.220 e. The number of thiophene rings is 1. The van der Waals surface area contributed by atoms with Gasteiger partial charge in [0.2, 0.25) is 5.91 Å². The number of aliphatic hydroxyl groups is 1. The Morgan fingerprint density at radius 1 is 1.36 bits per heavy atom. The SMILES string of the molecule is O=C(CCc1cn2ccccc2n1)NC(c1cccs1)C1CC(O)C1. The molecular weight excluding hydrogens is 334 g/mol. The van der Waals surface area contributed by atoms with Gasteiger partial charge in [0.1, 0.15) is 5.65 Å². The van der Waals surface area contributed by atoms with E-state index in [1.54, 1.807) is 11.3 Å². The summed E-state index contributed by atoms with van der Waals surface area (Å²) in [6.07, 6.45) is 6.27. The first-order valence-electron chi connectivity index (χ1n) is 8.62. The van der Waals surface area contributed by atoms with Gasteiger partial charge in [0.05, 0.1) is 17.8 Å². The Hall–Kier alpha value is -2.18. The van der Waals surface area contributed by atoms with Gasteiger partial charge in [-0.1, -0.05) is 12.1 Å². The molecule has 1 fully saturated rings. The number of hydrogen-bond acceptors (Lipinski definition) is 4. The second-order valence-corrected chi connectivity index (χ2v) is 7.62. The van der Waals surface area contributed by atoms with Crippen LogP contribution in [-0.4, -0.2) is 26.5 Å². The lowest BCUT2D eigenvalue weighted by Crippen LogP contribution is -2.41. The maximum Gasteiger partial charge on any atom is 0.220 e. The Bertz CT molecular complexity index is 820. The zero-order valence-corrected chi connectivity index (χ0v) is 14.7. The van der Waals surface area contributed by atoms with Crippen molar-refractivity contribution in [2.45, 2.75) is 37.8 Å². The van der Waals surface area contributed by atoms with E-state index in [1.807, 2.05) is 46.4 Å². The molecule has 0 radical (unpaired) electrons. The van der Waals surface area contributed by atoms with E-state index in [9.17, 15) is 9.90 Å². The van der Waals surface area contributed by atoms with Crippen molar-refractivity contribution in [2.75, 3.05) is 0 Å². The molecule has 0 aliphatic heterocycles. The number of carbonyl (C=O) groups is 1. The molecule has 3 aromatic heterocycles. The highest BCUT2D eigenvalue weighted by Gasteiger charge is 2.36. The Morgan fingerprint density at radius 2 is 2.24 bits per heavy atom. The molecule has 0 aromatic carbocycles. The first kappa shape index (κ1) is 16.3. The first-order valence-corrected chi connectivity index (χ1v) is 9.50. The van der Waals surface area contributed by atoms with Gasteiger partial charge in [-0.25, -0.2) is 4.98 Å². The lowest BCUT2D eigenvalue weighted by Gasteiger charge is -2.37. The highest BCUT2D eigenvalue weighted by molar-refractivity contribution is 7.10. The zero-order valence-electron chi connectivity index (χ0n) is 13.8. The van der Waals surface area contributed by atoms with Crippen LogP contribution in [0.5, 0.6) is 0 Å². The zero-order chi connectivity index (χ0) is 17.2. The molecular formula is C19H21N3O2S. The topological polar surface area (TPSA) is 66.6 Å². The van der Waals surface area contributed by atoms with Crippen LogP contribution in [0.1, 0.15) is 35.9 Å². The van der Waals surface area contributed by atoms with Gasteiger partial charge >= 0.3 is 0 Å². The number of aliphatic hydroxyl groups excluding tert-OH is 1. The predicted octanol–water partition coefficient (Wildman–Crippen LogP) is 2.96. The number of nitrogens with zero attached hydrogens (tertiary/aromatic N) is 2. The lowest BCUT2D eigenvalue weighted by atomic mass is 9.76. The van der Waals surface area contributed by atoms with Gasteiger partial charge in [-0.15, -0.1) is 11.3 Å². The van der Waals surface area contributed by atoms with Crippen LogP contribution < -0.4 is 5.32 Å². The third-order valence-electron chi connectivity index (χ3n) is 4.81. The molecule has 5 nitrogen and oxygen atoms in total. The number of rotatable bonds is 6. The van der Waals surface area contributed by atoms with E-state index in [4.69, 9.17) is 0 Å². The Balaban J connectivity index is 1.38. The molecule has 1 aliphatic rings. The number of carbonyl (C=O) groups excluding carboxylic acids is 1. The largest absolute Gasteiger partial charge is 0.393 e. The van der Waals surface area contributed by atoms with E-state index in [1.165, 1.54) is 0 Å². The van der Waals surface area contributed by atoms with E-state index in [-0.39, 0.29) is 18.1 Å².